The van der Waals surface area contributed by atoms with E-state index in [9.17, 15) is 14.0 Å². The predicted octanol–water partition coefficient (Wildman–Crippen LogP) is 1.92. The lowest BCUT2D eigenvalue weighted by molar-refractivity contribution is -0.119. The topological polar surface area (TPSA) is 81.4 Å². The van der Waals surface area contributed by atoms with Crippen molar-refractivity contribution in [1.82, 2.24) is 0 Å². The molecule has 5 nitrogen and oxygen atoms in total. The van der Waals surface area contributed by atoms with E-state index in [0.29, 0.717) is 0 Å². The van der Waals surface area contributed by atoms with Crippen LogP contribution in [-0.4, -0.2) is 25.0 Å². The highest BCUT2D eigenvalue weighted by Crippen LogP contribution is 2.22. The normalized spacial score (nSPS) is 12.7. The first-order valence-electron chi connectivity index (χ1n) is 6.11. The summed E-state index contributed by atoms with van der Waals surface area (Å²) in [5, 5.41) is 2.53. The lowest BCUT2D eigenvalue weighted by Crippen LogP contribution is -2.45. The average Bonchev–Trinajstić information content (AvgIpc) is 2.37. The molecule has 0 aliphatic heterocycles. The number of hydrogen-bond acceptors (Lipinski definition) is 4. The Hall–Kier alpha value is -1.95. The molecule has 0 saturated carbocycles. The zero-order valence-corrected chi connectivity index (χ0v) is 12.0. The number of anilines is 1. The van der Waals surface area contributed by atoms with E-state index >= 15 is 0 Å². The third kappa shape index (κ3) is 3.77. The maximum atomic E-state index is 13.2. The molecule has 0 spiro atoms. The molecule has 0 bridgehead atoms. The minimum Gasteiger partial charge on any atom is -0.465 e. The van der Waals surface area contributed by atoms with Gasteiger partial charge in [0.25, 0.3) is 0 Å². The van der Waals surface area contributed by atoms with E-state index in [4.69, 9.17) is 5.73 Å². The molecule has 110 valence electrons. The molecule has 20 heavy (non-hydrogen) atoms. The zero-order valence-electron chi connectivity index (χ0n) is 12.0. The molecule has 1 amide bonds. The van der Waals surface area contributed by atoms with Gasteiger partial charge in [-0.15, -0.1) is 0 Å². The van der Waals surface area contributed by atoms with Crippen molar-refractivity contribution in [3.8, 4) is 0 Å². The molecular formula is C14H19FN2O3. The van der Waals surface area contributed by atoms with E-state index < -0.39 is 29.2 Å². The molecule has 0 radical (unpaired) electrons. The first-order chi connectivity index (χ1) is 9.16. The Balaban J connectivity index is 3.04. The second-order valence-corrected chi connectivity index (χ2v) is 5.51. The molecule has 0 aliphatic carbocycles. The lowest BCUT2D eigenvalue weighted by atomic mass is 9.87. The number of nitrogens with one attached hydrogen (secondary N) is 1. The molecule has 0 aromatic heterocycles. The molecular weight excluding hydrogens is 263 g/mol. The van der Waals surface area contributed by atoms with Gasteiger partial charge in [0.15, 0.2) is 0 Å². The number of ether oxygens (including phenoxy) is 1. The second-order valence-electron chi connectivity index (χ2n) is 5.51. The molecule has 0 aliphatic rings. The van der Waals surface area contributed by atoms with Crippen LogP contribution in [0.2, 0.25) is 0 Å². The third-order valence-corrected chi connectivity index (χ3v) is 2.86. The SMILES string of the molecule is COC(=O)c1cc(F)ccc1NC(=O)C(N)C(C)(C)C. The summed E-state index contributed by atoms with van der Waals surface area (Å²) in [5.41, 5.74) is 5.51. The van der Waals surface area contributed by atoms with Crippen molar-refractivity contribution in [2.75, 3.05) is 12.4 Å². The van der Waals surface area contributed by atoms with Gasteiger partial charge in [0, 0.05) is 0 Å². The highest BCUT2D eigenvalue weighted by molar-refractivity contribution is 6.02. The van der Waals surface area contributed by atoms with Crippen molar-refractivity contribution in [2.45, 2.75) is 26.8 Å². The predicted molar refractivity (Wildman–Crippen MR) is 73.8 cm³/mol. The van der Waals surface area contributed by atoms with E-state index in [1.165, 1.54) is 13.2 Å². The minimum absolute atomic E-state index is 0.0537. The standard InChI is InChI=1S/C14H19FN2O3/c1-14(2,3)11(16)12(18)17-10-6-5-8(15)7-9(10)13(19)20-4/h5-7,11H,16H2,1-4H3,(H,17,18). The molecule has 1 aromatic carbocycles. The van der Waals surface area contributed by atoms with Gasteiger partial charge in [0.2, 0.25) is 5.91 Å². The van der Waals surface area contributed by atoms with Crippen LogP contribution in [0.5, 0.6) is 0 Å². The maximum absolute atomic E-state index is 13.2. The number of benzene rings is 1. The Morgan fingerprint density at radius 3 is 2.45 bits per heavy atom. The summed E-state index contributed by atoms with van der Waals surface area (Å²) in [4.78, 5) is 23.6. The summed E-state index contributed by atoms with van der Waals surface area (Å²) in [7, 11) is 1.18. The summed E-state index contributed by atoms with van der Waals surface area (Å²) < 4.78 is 17.7. The number of methoxy groups -OCH3 is 1. The number of carbonyl (C=O) groups is 2. The van der Waals surface area contributed by atoms with Crippen LogP contribution in [0.3, 0.4) is 0 Å². The molecule has 0 heterocycles. The number of carbonyl (C=O) groups excluding carboxylic acids is 2. The van der Waals surface area contributed by atoms with Crippen LogP contribution in [0, 0.1) is 11.2 Å². The Morgan fingerprint density at radius 1 is 1.35 bits per heavy atom. The Kier molecular flexibility index (Phi) is 4.83. The Bertz CT molecular complexity index is 524. The third-order valence-electron chi connectivity index (χ3n) is 2.86. The van der Waals surface area contributed by atoms with Crippen molar-refractivity contribution >= 4 is 17.6 Å². The van der Waals surface area contributed by atoms with E-state index in [0.717, 1.165) is 12.1 Å². The fourth-order valence-corrected chi connectivity index (χ4v) is 1.51. The quantitative estimate of drug-likeness (QED) is 0.830. The summed E-state index contributed by atoms with van der Waals surface area (Å²) in [5.74, 6) is -1.78. The highest BCUT2D eigenvalue weighted by atomic mass is 19.1. The fourth-order valence-electron chi connectivity index (χ4n) is 1.51. The van der Waals surface area contributed by atoms with Crippen molar-refractivity contribution in [2.24, 2.45) is 11.1 Å². The van der Waals surface area contributed by atoms with E-state index in [1.54, 1.807) is 0 Å². The van der Waals surface area contributed by atoms with Crippen LogP contribution >= 0.6 is 0 Å². The monoisotopic (exact) mass is 282 g/mol. The van der Waals surface area contributed by atoms with Crippen LogP contribution in [0.1, 0.15) is 31.1 Å². The number of halogens is 1. The van der Waals surface area contributed by atoms with Gasteiger partial charge in [0.05, 0.1) is 24.4 Å². The van der Waals surface area contributed by atoms with Gasteiger partial charge in [0.1, 0.15) is 5.82 Å². The number of amides is 1. The van der Waals surface area contributed by atoms with Gasteiger partial charge in [-0.3, -0.25) is 4.79 Å². The van der Waals surface area contributed by atoms with Crippen LogP contribution in [0.4, 0.5) is 10.1 Å². The molecule has 1 unspecified atom stereocenters. The van der Waals surface area contributed by atoms with Crippen molar-refractivity contribution in [3.05, 3.63) is 29.6 Å². The van der Waals surface area contributed by atoms with Crippen LogP contribution in [-0.2, 0) is 9.53 Å². The van der Waals surface area contributed by atoms with Gasteiger partial charge in [-0.1, -0.05) is 20.8 Å². The largest absolute Gasteiger partial charge is 0.465 e. The van der Waals surface area contributed by atoms with Gasteiger partial charge in [-0.05, 0) is 23.6 Å². The summed E-state index contributed by atoms with van der Waals surface area (Å²) in [6.07, 6.45) is 0. The zero-order chi connectivity index (χ0) is 15.5. The minimum atomic E-state index is -0.766. The summed E-state index contributed by atoms with van der Waals surface area (Å²) in [6.45, 7) is 5.47. The Morgan fingerprint density at radius 2 is 1.95 bits per heavy atom. The molecule has 6 heteroatoms. The van der Waals surface area contributed by atoms with Crippen molar-refractivity contribution in [1.29, 1.82) is 0 Å². The average molecular weight is 282 g/mol. The van der Waals surface area contributed by atoms with E-state index in [2.05, 4.69) is 10.1 Å². The van der Waals surface area contributed by atoms with Crippen LogP contribution in [0.25, 0.3) is 0 Å². The fraction of sp³-hybridized carbons (Fsp3) is 0.429. The second kappa shape index (κ2) is 6.00. The van der Waals surface area contributed by atoms with Gasteiger partial charge in [-0.2, -0.15) is 0 Å². The number of nitrogens with two attached hydrogens (primary N) is 1. The first-order valence-corrected chi connectivity index (χ1v) is 6.11. The maximum Gasteiger partial charge on any atom is 0.340 e. The number of esters is 1. The van der Waals surface area contributed by atoms with Crippen LogP contribution in [0.15, 0.2) is 18.2 Å². The molecule has 1 rings (SSSR count). The van der Waals surface area contributed by atoms with Crippen LogP contribution < -0.4 is 11.1 Å². The van der Waals surface area contributed by atoms with Gasteiger partial charge >= 0.3 is 5.97 Å². The van der Waals surface area contributed by atoms with Crippen molar-refractivity contribution in [3.63, 3.8) is 0 Å². The number of rotatable bonds is 3. The highest BCUT2D eigenvalue weighted by Gasteiger charge is 2.28. The molecule has 0 saturated heterocycles. The van der Waals surface area contributed by atoms with Gasteiger partial charge < -0.3 is 15.8 Å². The smallest absolute Gasteiger partial charge is 0.340 e. The lowest BCUT2D eigenvalue weighted by Gasteiger charge is -2.26. The van der Waals surface area contributed by atoms with E-state index in [-0.39, 0.29) is 11.3 Å². The first kappa shape index (κ1) is 16.1. The Labute approximate surface area is 117 Å². The number of hydrogen-bond donors (Lipinski definition) is 2. The van der Waals surface area contributed by atoms with E-state index in [1.807, 2.05) is 20.8 Å². The molecule has 1 atom stereocenters. The summed E-state index contributed by atoms with van der Waals surface area (Å²) >= 11 is 0. The van der Waals surface area contributed by atoms with Gasteiger partial charge in [-0.25, -0.2) is 9.18 Å². The molecule has 3 N–H and O–H groups in total. The molecule has 1 aromatic rings. The molecule has 0 fully saturated rings. The van der Waals surface area contributed by atoms with Crippen molar-refractivity contribution < 1.29 is 18.7 Å². The summed E-state index contributed by atoms with van der Waals surface area (Å²) in [6, 6.07) is 2.68.